The van der Waals surface area contributed by atoms with E-state index < -0.39 is 21.7 Å². The van der Waals surface area contributed by atoms with Gasteiger partial charge in [-0.15, -0.1) is 0 Å². The summed E-state index contributed by atoms with van der Waals surface area (Å²) in [5.41, 5.74) is 1.58. The Labute approximate surface area is 183 Å². The van der Waals surface area contributed by atoms with Gasteiger partial charge in [0.1, 0.15) is 5.82 Å². The molecule has 0 aliphatic carbocycles. The molecule has 2 aromatic carbocycles. The normalized spacial score (nSPS) is 11.5. The zero-order valence-corrected chi connectivity index (χ0v) is 18.1. The fourth-order valence-electron chi connectivity index (χ4n) is 2.93. The van der Waals surface area contributed by atoms with E-state index in [0.29, 0.717) is 29.8 Å². The molecule has 3 aromatic rings. The molecule has 0 saturated heterocycles. The molecule has 0 aliphatic heterocycles. The number of rotatable bonds is 8. The second kappa shape index (κ2) is 9.56. The number of anilines is 1. The second-order valence-electron chi connectivity index (χ2n) is 6.70. The van der Waals surface area contributed by atoms with Crippen LogP contribution in [0.5, 0.6) is 0 Å². The first-order valence-corrected chi connectivity index (χ1v) is 11.0. The Morgan fingerprint density at radius 2 is 2.06 bits per heavy atom. The molecule has 11 heteroatoms. The van der Waals surface area contributed by atoms with Gasteiger partial charge in [-0.05, 0) is 29.8 Å². The third-order valence-electron chi connectivity index (χ3n) is 4.41. The van der Waals surface area contributed by atoms with Crippen LogP contribution in [0.4, 0.5) is 10.1 Å². The highest BCUT2D eigenvalue weighted by molar-refractivity contribution is 7.89. The van der Waals surface area contributed by atoms with Crippen molar-refractivity contribution in [3.05, 3.63) is 65.2 Å². The lowest BCUT2D eigenvalue weighted by Gasteiger charge is -2.11. The van der Waals surface area contributed by atoms with Crippen LogP contribution < -0.4 is 10.5 Å². The maximum absolute atomic E-state index is 13.2. The number of hydrogen-bond acceptors (Lipinski definition) is 5. The number of carbonyl (C=O) groups is 1. The van der Waals surface area contributed by atoms with Gasteiger partial charge < -0.3 is 10.1 Å². The minimum Gasteiger partial charge on any atom is -0.383 e. The van der Waals surface area contributed by atoms with Crippen LogP contribution >= 0.6 is 11.6 Å². The predicted molar refractivity (Wildman–Crippen MR) is 115 cm³/mol. The quantitative estimate of drug-likeness (QED) is 0.529. The number of amides is 1. The maximum Gasteiger partial charge on any atom is 0.238 e. The van der Waals surface area contributed by atoms with Crippen molar-refractivity contribution in [2.75, 3.05) is 19.0 Å². The molecule has 0 spiro atoms. The zero-order chi connectivity index (χ0) is 22.6. The summed E-state index contributed by atoms with van der Waals surface area (Å²) >= 11 is 5.95. The molecular formula is C20H20ClFN4O4S. The summed E-state index contributed by atoms with van der Waals surface area (Å²) in [6, 6.07) is 8.11. The third-order valence-corrected chi connectivity index (χ3v) is 5.71. The number of hydrogen-bond donors (Lipinski definition) is 2. The van der Waals surface area contributed by atoms with Crippen LogP contribution in [0, 0.1) is 5.82 Å². The number of primary sulfonamides is 1. The van der Waals surface area contributed by atoms with Gasteiger partial charge in [-0.3, -0.25) is 9.48 Å². The van der Waals surface area contributed by atoms with Gasteiger partial charge in [0.15, 0.2) is 0 Å². The molecule has 0 bridgehead atoms. The summed E-state index contributed by atoms with van der Waals surface area (Å²) < 4.78 is 44.1. The zero-order valence-electron chi connectivity index (χ0n) is 16.5. The van der Waals surface area contributed by atoms with E-state index >= 15 is 0 Å². The molecule has 0 unspecified atom stereocenters. The van der Waals surface area contributed by atoms with Gasteiger partial charge >= 0.3 is 0 Å². The number of sulfonamides is 1. The van der Waals surface area contributed by atoms with Crippen molar-refractivity contribution in [2.45, 2.75) is 17.9 Å². The molecule has 0 saturated carbocycles. The maximum atomic E-state index is 13.2. The number of nitrogens with zero attached hydrogens (tertiary/aromatic N) is 2. The molecule has 164 valence electrons. The molecule has 0 fully saturated rings. The van der Waals surface area contributed by atoms with E-state index in [0.717, 1.165) is 6.07 Å². The highest BCUT2D eigenvalue weighted by Crippen LogP contribution is 2.29. The van der Waals surface area contributed by atoms with Crippen LogP contribution in [-0.2, 0) is 32.5 Å². The number of ether oxygens (including phenoxy) is 1. The summed E-state index contributed by atoms with van der Waals surface area (Å²) in [7, 11) is -2.52. The lowest BCUT2D eigenvalue weighted by molar-refractivity contribution is -0.115. The first-order chi connectivity index (χ1) is 14.7. The Morgan fingerprint density at radius 3 is 2.74 bits per heavy atom. The van der Waals surface area contributed by atoms with Gasteiger partial charge in [0.25, 0.3) is 0 Å². The van der Waals surface area contributed by atoms with Crippen LogP contribution in [0.1, 0.15) is 5.56 Å². The van der Waals surface area contributed by atoms with E-state index in [9.17, 15) is 17.6 Å². The molecule has 1 heterocycles. The number of benzene rings is 2. The minimum absolute atomic E-state index is 0.113. The molecular weight excluding hydrogens is 447 g/mol. The standard InChI is InChI=1S/C20H20ClFN4O4S/c1-30-7-6-26-12-14(11-24-26)17-5-4-16(10-19(17)31(23,28)29)25-20(27)8-13-2-3-15(22)9-18(13)21/h2-5,9-12H,6-8H2,1H3,(H,25,27)(H2,23,28,29). The lowest BCUT2D eigenvalue weighted by atomic mass is 10.1. The molecule has 0 radical (unpaired) electrons. The number of halogens is 2. The molecule has 1 amide bonds. The molecule has 8 nitrogen and oxygen atoms in total. The molecule has 31 heavy (non-hydrogen) atoms. The van der Waals surface area contributed by atoms with Crippen molar-refractivity contribution in [2.24, 2.45) is 5.14 Å². The number of nitrogens with two attached hydrogens (primary N) is 1. The van der Waals surface area contributed by atoms with Crippen LogP contribution in [0.25, 0.3) is 11.1 Å². The van der Waals surface area contributed by atoms with Crippen molar-refractivity contribution in [1.29, 1.82) is 0 Å². The highest BCUT2D eigenvalue weighted by Gasteiger charge is 2.18. The number of aromatic nitrogens is 2. The summed E-state index contributed by atoms with van der Waals surface area (Å²) in [4.78, 5) is 12.2. The SMILES string of the molecule is COCCn1cc(-c2ccc(NC(=O)Cc3ccc(F)cc3Cl)cc2S(N)(=O)=O)cn1. The van der Waals surface area contributed by atoms with E-state index in [1.54, 1.807) is 24.1 Å². The van der Waals surface area contributed by atoms with Crippen molar-refractivity contribution >= 4 is 33.2 Å². The van der Waals surface area contributed by atoms with Crippen LogP contribution in [0.15, 0.2) is 53.7 Å². The average Bonchev–Trinajstić information content (AvgIpc) is 3.16. The van der Waals surface area contributed by atoms with Gasteiger partial charge in [0.05, 0.1) is 30.7 Å². The topological polar surface area (TPSA) is 116 Å². The fourth-order valence-corrected chi connectivity index (χ4v) is 3.94. The Hall–Kier alpha value is -2.79. The molecule has 3 rings (SSSR count). The van der Waals surface area contributed by atoms with Crippen LogP contribution in [-0.4, -0.2) is 37.8 Å². The Bertz CT molecular complexity index is 1210. The first kappa shape index (κ1) is 22.9. The van der Waals surface area contributed by atoms with Crippen molar-refractivity contribution < 1.29 is 22.3 Å². The molecule has 1 aromatic heterocycles. The van der Waals surface area contributed by atoms with E-state index in [2.05, 4.69) is 10.4 Å². The predicted octanol–water partition coefficient (Wildman–Crippen LogP) is 2.82. The van der Waals surface area contributed by atoms with E-state index in [-0.39, 0.29) is 22.0 Å². The lowest BCUT2D eigenvalue weighted by Crippen LogP contribution is -2.17. The van der Waals surface area contributed by atoms with Gasteiger partial charge in [0.2, 0.25) is 15.9 Å². The van der Waals surface area contributed by atoms with Crippen LogP contribution in [0.3, 0.4) is 0 Å². The van der Waals surface area contributed by atoms with E-state index in [1.165, 1.54) is 30.5 Å². The summed E-state index contributed by atoms with van der Waals surface area (Å²) in [6.45, 7) is 0.952. The Balaban J connectivity index is 1.84. The van der Waals surface area contributed by atoms with Gasteiger partial charge in [0, 0.05) is 35.1 Å². The molecule has 3 N–H and O–H groups in total. The van der Waals surface area contributed by atoms with Gasteiger partial charge in [-0.2, -0.15) is 5.10 Å². The third kappa shape index (κ3) is 5.88. The number of methoxy groups -OCH3 is 1. The van der Waals surface area contributed by atoms with E-state index in [4.69, 9.17) is 21.5 Å². The molecule has 0 atom stereocenters. The van der Waals surface area contributed by atoms with Gasteiger partial charge in [-0.25, -0.2) is 17.9 Å². The van der Waals surface area contributed by atoms with Gasteiger partial charge in [-0.1, -0.05) is 23.7 Å². The largest absolute Gasteiger partial charge is 0.383 e. The smallest absolute Gasteiger partial charge is 0.238 e. The van der Waals surface area contributed by atoms with E-state index in [1.807, 2.05) is 0 Å². The minimum atomic E-state index is -4.09. The summed E-state index contributed by atoms with van der Waals surface area (Å²) in [5.74, 6) is -0.956. The summed E-state index contributed by atoms with van der Waals surface area (Å²) in [6.07, 6.45) is 3.09. The number of carbonyl (C=O) groups excluding carboxylic acids is 1. The van der Waals surface area contributed by atoms with Crippen molar-refractivity contribution in [3.8, 4) is 11.1 Å². The highest BCUT2D eigenvalue weighted by atomic mass is 35.5. The Kier molecular flexibility index (Phi) is 7.06. The molecule has 0 aliphatic rings. The Morgan fingerprint density at radius 1 is 1.29 bits per heavy atom. The fraction of sp³-hybridized carbons (Fsp3) is 0.200. The van der Waals surface area contributed by atoms with Crippen molar-refractivity contribution in [1.82, 2.24) is 9.78 Å². The average molecular weight is 467 g/mol. The van der Waals surface area contributed by atoms with Crippen LogP contribution in [0.2, 0.25) is 5.02 Å². The monoisotopic (exact) mass is 466 g/mol. The van der Waals surface area contributed by atoms with Crippen molar-refractivity contribution in [3.63, 3.8) is 0 Å². The summed E-state index contributed by atoms with van der Waals surface area (Å²) in [5, 5.41) is 12.3. The first-order valence-electron chi connectivity index (χ1n) is 9.10. The number of nitrogens with one attached hydrogen (secondary N) is 1. The second-order valence-corrected chi connectivity index (χ2v) is 8.64.